The van der Waals surface area contributed by atoms with Crippen molar-refractivity contribution in [3.8, 4) is 17.2 Å². The van der Waals surface area contributed by atoms with Crippen molar-refractivity contribution < 1.29 is 28.6 Å². The standard InChI is InChI=1S/C25H21Cl2N3O6/c1-14(29-30-24(32)23(31)28-19-12-17(26)11-18(27)13-19)15-7-8-21(22(10-15)35-3)36-25(33)16-5-4-6-20(9-16)34-2/h4-13H,1-3H3,(H,28,31)(H,30,32)/b29-14+. The maximum absolute atomic E-state index is 12.5. The van der Waals surface area contributed by atoms with Gasteiger partial charge in [-0.3, -0.25) is 9.59 Å². The number of ether oxygens (including phenoxy) is 3. The number of carbonyl (C=O) groups is 3. The monoisotopic (exact) mass is 529 g/mol. The third kappa shape index (κ3) is 6.97. The van der Waals surface area contributed by atoms with Crippen LogP contribution in [0.2, 0.25) is 10.0 Å². The molecule has 3 aromatic rings. The van der Waals surface area contributed by atoms with Crippen molar-refractivity contribution in [1.29, 1.82) is 0 Å². The molecule has 0 aromatic heterocycles. The number of halogens is 2. The number of hydrazone groups is 1. The molecule has 0 radical (unpaired) electrons. The molecule has 0 fully saturated rings. The molecule has 11 heteroatoms. The maximum Gasteiger partial charge on any atom is 0.343 e. The minimum Gasteiger partial charge on any atom is -0.497 e. The number of rotatable bonds is 7. The van der Waals surface area contributed by atoms with Gasteiger partial charge in [-0.15, -0.1) is 0 Å². The zero-order valence-electron chi connectivity index (χ0n) is 19.4. The number of benzene rings is 3. The Morgan fingerprint density at radius 1 is 0.806 bits per heavy atom. The summed E-state index contributed by atoms with van der Waals surface area (Å²) in [7, 11) is 2.92. The van der Waals surface area contributed by atoms with Crippen molar-refractivity contribution in [1.82, 2.24) is 5.43 Å². The molecular formula is C25H21Cl2N3O6. The summed E-state index contributed by atoms with van der Waals surface area (Å²) >= 11 is 11.8. The number of hydrogen-bond donors (Lipinski definition) is 2. The minimum absolute atomic E-state index is 0.186. The Bertz CT molecular complexity index is 1320. The van der Waals surface area contributed by atoms with E-state index in [1.807, 2.05) is 0 Å². The largest absolute Gasteiger partial charge is 0.497 e. The molecule has 2 amide bonds. The van der Waals surface area contributed by atoms with Crippen LogP contribution in [0.3, 0.4) is 0 Å². The summed E-state index contributed by atoms with van der Waals surface area (Å²) in [5, 5.41) is 6.95. The second-order valence-electron chi connectivity index (χ2n) is 7.24. The van der Waals surface area contributed by atoms with Crippen LogP contribution in [0.1, 0.15) is 22.8 Å². The van der Waals surface area contributed by atoms with Crippen molar-refractivity contribution in [2.45, 2.75) is 6.92 Å². The summed E-state index contributed by atoms with van der Waals surface area (Å²) in [6.45, 7) is 1.62. The Morgan fingerprint density at radius 3 is 2.19 bits per heavy atom. The molecular weight excluding hydrogens is 509 g/mol. The van der Waals surface area contributed by atoms with E-state index in [4.69, 9.17) is 37.4 Å². The van der Waals surface area contributed by atoms with Gasteiger partial charge in [-0.2, -0.15) is 5.10 Å². The predicted octanol–water partition coefficient (Wildman–Crippen LogP) is 4.71. The molecule has 0 bridgehead atoms. The first-order valence-corrected chi connectivity index (χ1v) is 11.1. The topological polar surface area (TPSA) is 115 Å². The van der Waals surface area contributed by atoms with E-state index < -0.39 is 17.8 Å². The average molecular weight is 530 g/mol. The van der Waals surface area contributed by atoms with Gasteiger partial charge in [0, 0.05) is 21.3 Å². The van der Waals surface area contributed by atoms with E-state index in [1.54, 1.807) is 43.3 Å². The van der Waals surface area contributed by atoms with Gasteiger partial charge in [0.2, 0.25) is 0 Å². The zero-order valence-corrected chi connectivity index (χ0v) is 20.9. The number of methoxy groups -OCH3 is 2. The molecule has 3 aromatic carbocycles. The Kier molecular flexibility index (Phi) is 8.88. The van der Waals surface area contributed by atoms with Crippen LogP contribution in [-0.4, -0.2) is 37.7 Å². The summed E-state index contributed by atoms with van der Waals surface area (Å²) in [5.41, 5.74) is 3.66. The van der Waals surface area contributed by atoms with E-state index in [0.29, 0.717) is 32.6 Å². The predicted molar refractivity (Wildman–Crippen MR) is 136 cm³/mol. The van der Waals surface area contributed by atoms with Gasteiger partial charge < -0.3 is 19.5 Å². The number of esters is 1. The van der Waals surface area contributed by atoms with E-state index in [0.717, 1.165) is 0 Å². The van der Waals surface area contributed by atoms with Gasteiger partial charge in [0.05, 0.1) is 25.5 Å². The first-order valence-electron chi connectivity index (χ1n) is 10.4. The summed E-state index contributed by atoms with van der Waals surface area (Å²) in [6.07, 6.45) is 0. The highest BCUT2D eigenvalue weighted by atomic mass is 35.5. The lowest BCUT2D eigenvalue weighted by molar-refractivity contribution is -0.136. The van der Waals surface area contributed by atoms with Crippen LogP contribution in [0.15, 0.2) is 65.8 Å². The second-order valence-corrected chi connectivity index (χ2v) is 8.11. The van der Waals surface area contributed by atoms with Gasteiger partial charge in [0.25, 0.3) is 0 Å². The Morgan fingerprint density at radius 2 is 1.53 bits per heavy atom. The highest BCUT2D eigenvalue weighted by molar-refractivity contribution is 6.40. The van der Waals surface area contributed by atoms with Crippen molar-refractivity contribution >= 4 is 52.4 Å². The van der Waals surface area contributed by atoms with Gasteiger partial charge in [-0.05, 0) is 61.5 Å². The van der Waals surface area contributed by atoms with Crippen LogP contribution >= 0.6 is 23.2 Å². The van der Waals surface area contributed by atoms with Crippen molar-refractivity contribution in [2.75, 3.05) is 19.5 Å². The van der Waals surface area contributed by atoms with E-state index in [9.17, 15) is 14.4 Å². The first-order chi connectivity index (χ1) is 17.2. The van der Waals surface area contributed by atoms with Gasteiger partial charge >= 0.3 is 17.8 Å². The molecule has 0 aliphatic heterocycles. The van der Waals surface area contributed by atoms with Gasteiger partial charge in [0.15, 0.2) is 11.5 Å². The number of hydrogen-bond acceptors (Lipinski definition) is 7. The molecule has 0 aliphatic carbocycles. The molecule has 0 unspecified atom stereocenters. The fourth-order valence-electron chi connectivity index (χ4n) is 2.95. The van der Waals surface area contributed by atoms with Crippen molar-refractivity contribution in [2.24, 2.45) is 5.10 Å². The smallest absolute Gasteiger partial charge is 0.343 e. The van der Waals surface area contributed by atoms with Crippen LogP contribution in [0.25, 0.3) is 0 Å². The highest BCUT2D eigenvalue weighted by Crippen LogP contribution is 2.29. The van der Waals surface area contributed by atoms with Gasteiger partial charge in [-0.25, -0.2) is 10.2 Å². The van der Waals surface area contributed by atoms with Crippen LogP contribution in [0.5, 0.6) is 17.2 Å². The number of anilines is 1. The van der Waals surface area contributed by atoms with Crippen molar-refractivity contribution in [3.63, 3.8) is 0 Å². The number of carbonyl (C=O) groups excluding carboxylic acids is 3. The molecule has 186 valence electrons. The summed E-state index contributed by atoms with van der Waals surface area (Å²) in [6, 6.07) is 15.7. The van der Waals surface area contributed by atoms with E-state index in [-0.39, 0.29) is 17.2 Å². The number of nitrogens with zero attached hydrogens (tertiary/aromatic N) is 1. The molecule has 0 spiro atoms. The Balaban J connectivity index is 1.67. The molecule has 0 saturated carbocycles. The number of amides is 2. The average Bonchev–Trinajstić information content (AvgIpc) is 2.86. The second kappa shape index (κ2) is 12.1. The normalized spacial score (nSPS) is 10.9. The van der Waals surface area contributed by atoms with E-state index in [1.165, 1.54) is 38.5 Å². The first kappa shape index (κ1) is 26.5. The van der Waals surface area contributed by atoms with Crippen LogP contribution < -0.4 is 25.0 Å². The lowest BCUT2D eigenvalue weighted by Crippen LogP contribution is -2.32. The lowest BCUT2D eigenvalue weighted by atomic mass is 10.1. The molecule has 0 aliphatic rings. The molecule has 36 heavy (non-hydrogen) atoms. The quantitative estimate of drug-likeness (QED) is 0.150. The van der Waals surface area contributed by atoms with Gasteiger partial charge in [-0.1, -0.05) is 29.3 Å². The molecule has 0 atom stereocenters. The van der Waals surface area contributed by atoms with Crippen LogP contribution in [0, 0.1) is 0 Å². The zero-order chi connectivity index (χ0) is 26.2. The summed E-state index contributed by atoms with van der Waals surface area (Å²) in [4.78, 5) is 36.8. The van der Waals surface area contributed by atoms with Gasteiger partial charge in [0.1, 0.15) is 5.75 Å². The molecule has 9 nitrogen and oxygen atoms in total. The molecule has 0 heterocycles. The van der Waals surface area contributed by atoms with E-state index >= 15 is 0 Å². The summed E-state index contributed by atoms with van der Waals surface area (Å²) < 4.78 is 15.9. The Hall–Kier alpha value is -4.08. The highest BCUT2D eigenvalue weighted by Gasteiger charge is 2.16. The third-order valence-corrected chi connectivity index (χ3v) is 5.18. The SMILES string of the molecule is COc1cccc(C(=O)Oc2ccc(/C(C)=N/NC(=O)C(=O)Nc3cc(Cl)cc(Cl)c3)cc2OC)c1. The lowest BCUT2D eigenvalue weighted by Gasteiger charge is -2.11. The fourth-order valence-corrected chi connectivity index (χ4v) is 3.48. The third-order valence-electron chi connectivity index (χ3n) is 4.74. The van der Waals surface area contributed by atoms with Crippen molar-refractivity contribution in [3.05, 3.63) is 81.8 Å². The molecule has 0 saturated heterocycles. The molecule has 3 rings (SSSR count). The Labute approximate surface area is 216 Å². The minimum atomic E-state index is -0.999. The summed E-state index contributed by atoms with van der Waals surface area (Å²) in [5.74, 6) is -1.58. The molecule has 2 N–H and O–H groups in total. The van der Waals surface area contributed by atoms with Crippen LogP contribution in [-0.2, 0) is 9.59 Å². The van der Waals surface area contributed by atoms with E-state index in [2.05, 4.69) is 15.8 Å². The maximum atomic E-state index is 12.5. The fraction of sp³-hybridized carbons (Fsp3) is 0.120. The number of nitrogens with one attached hydrogen (secondary N) is 2. The van der Waals surface area contributed by atoms with Crippen LogP contribution in [0.4, 0.5) is 5.69 Å².